The highest BCUT2D eigenvalue weighted by atomic mass is 31.2. The van der Waals surface area contributed by atoms with Gasteiger partial charge in [0.05, 0.1) is 11.0 Å². The summed E-state index contributed by atoms with van der Waals surface area (Å²) >= 11 is 0. The minimum atomic E-state index is -6.25. The molecule has 1 N–H and O–H groups in total. The van der Waals surface area contributed by atoms with Crippen molar-refractivity contribution >= 4 is 38.3 Å². The van der Waals surface area contributed by atoms with Crippen LogP contribution in [0.1, 0.15) is 38.8 Å². The molecule has 2 rings (SSSR count). The van der Waals surface area contributed by atoms with Crippen LogP contribution >= 0.6 is 16.3 Å². The average Bonchev–Trinajstić information content (AvgIpc) is 2.78. The molecule has 2 aromatic rings. The van der Waals surface area contributed by atoms with Crippen LogP contribution in [0.2, 0.25) is 0 Å². The number of halogens is 12. The first-order valence-electron chi connectivity index (χ1n) is 12.5. The molecule has 0 aliphatic rings. The van der Waals surface area contributed by atoms with Gasteiger partial charge in [-0.1, -0.05) is 58.9 Å². The molecular formula is C26H29F12NO2P2. The highest BCUT2D eigenvalue weighted by Crippen LogP contribution is 2.53. The molecule has 43 heavy (non-hydrogen) atoms. The van der Waals surface area contributed by atoms with Crippen LogP contribution in [0, 0.1) is 13.8 Å². The number of aryl methyl sites for hydroxylation is 2. The lowest BCUT2D eigenvalue weighted by molar-refractivity contribution is -0.310. The molecule has 244 valence electrons. The minimum absolute atomic E-state index is 0.0853. The van der Waals surface area contributed by atoms with E-state index >= 15 is 0 Å². The molecular weight excluding hydrogens is 648 g/mol. The van der Waals surface area contributed by atoms with E-state index in [2.05, 4.69) is 14.4 Å². The standard InChI is InChI=1S/C26H29F12NO2P2/c1-13(2)42(14(3)4)19-11-15(5)7-9-17(19)39-18-10-8-16(6)12-20(18)43(40-21(23(27,28)29)24(30,31)32)41-22(25(33,34)35)26(36,37)38/h7-14,21-22,39H,1-6H3. The number of hydrogen-bond donors (Lipinski definition) is 1. The van der Waals surface area contributed by atoms with Gasteiger partial charge < -0.3 is 14.4 Å². The van der Waals surface area contributed by atoms with Crippen molar-refractivity contribution < 1.29 is 61.7 Å². The summed E-state index contributed by atoms with van der Waals surface area (Å²) in [7, 11) is -5.26. The molecule has 0 saturated carbocycles. The average molecular weight is 677 g/mol. The van der Waals surface area contributed by atoms with Crippen LogP contribution in [-0.4, -0.2) is 48.2 Å². The van der Waals surface area contributed by atoms with Crippen LogP contribution in [0.15, 0.2) is 36.4 Å². The first-order valence-corrected chi connectivity index (χ1v) is 15.2. The zero-order valence-electron chi connectivity index (χ0n) is 23.5. The summed E-state index contributed by atoms with van der Waals surface area (Å²) in [4.78, 5) is 0. The molecule has 17 heteroatoms. The third kappa shape index (κ3) is 10.1. The van der Waals surface area contributed by atoms with Crippen LogP contribution in [0.5, 0.6) is 0 Å². The molecule has 3 nitrogen and oxygen atoms in total. The van der Waals surface area contributed by atoms with E-state index in [0.717, 1.165) is 23.0 Å². The molecule has 0 fully saturated rings. The van der Waals surface area contributed by atoms with Crippen molar-refractivity contribution in [3.8, 4) is 0 Å². The van der Waals surface area contributed by atoms with Gasteiger partial charge in [-0.3, -0.25) is 0 Å². The van der Waals surface area contributed by atoms with Crippen molar-refractivity contribution in [1.82, 2.24) is 0 Å². The smallest absolute Gasteiger partial charge is 0.354 e. The monoisotopic (exact) mass is 677 g/mol. The molecule has 0 radical (unpaired) electrons. The Hall–Kier alpha value is -1.82. The lowest BCUT2D eigenvalue weighted by atomic mass is 10.2. The van der Waals surface area contributed by atoms with Gasteiger partial charge in [-0.15, -0.1) is 0 Å². The highest BCUT2D eigenvalue weighted by molar-refractivity contribution is 7.67. The predicted octanol–water partition coefficient (Wildman–Crippen LogP) is 9.93. The molecule has 0 atom stereocenters. The maximum Gasteiger partial charge on any atom is 0.424 e. The zero-order chi connectivity index (χ0) is 33.3. The Labute approximate surface area is 243 Å². The number of alkyl halides is 12. The summed E-state index contributed by atoms with van der Waals surface area (Å²) in [6.45, 7) is 10.8. The molecule has 0 unspecified atom stereocenters. The van der Waals surface area contributed by atoms with E-state index in [1.54, 1.807) is 19.1 Å². The largest absolute Gasteiger partial charge is 0.424 e. The van der Waals surface area contributed by atoms with E-state index in [4.69, 9.17) is 0 Å². The molecule has 0 bridgehead atoms. The number of nitrogens with one attached hydrogen (secondary N) is 1. The van der Waals surface area contributed by atoms with Crippen LogP contribution in [-0.2, 0) is 9.05 Å². The van der Waals surface area contributed by atoms with Gasteiger partial charge in [0.15, 0.2) is 0 Å². The van der Waals surface area contributed by atoms with Crippen LogP contribution in [0.25, 0.3) is 0 Å². The maximum absolute atomic E-state index is 13.4. The van der Waals surface area contributed by atoms with E-state index in [-0.39, 0.29) is 16.9 Å². The molecule has 0 amide bonds. The third-order valence-corrected chi connectivity index (χ3v) is 10.5. The fourth-order valence-corrected chi connectivity index (χ4v) is 8.94. The van der Waals surface area contributed by atoms with Gasteiger partial charge >= 0.3 is 24.7 Å². The Morgan fingerprint density at radius 3 is 1.21 bits per heavy atom. The van der Waals surface area contributed by atoms with Crippen molar-refractivity contribution in [2.75, 3.05) is 5.32 Å². The van der Waals surface area contributed by atoms with Gasteiger partial charge in [0.25, 0.3) is 12.2 Å². The first-order chi connectivity index (χ1) is 19.3. The molecule has 0 aliphatic carbocycles. The van der Waals surface area contributed by atoms with E-state index in [1.165, 1.54) is 13.0 Å². The molecule has 0 saturated heterocycles. The molecule has 0 aliphatic heterocycles. The number of hydrogen-bond acceptors (Lipinski definition) is 3. The predicted molar refractivity (Wildman–Crippen MR) is 143 cm³/mol. The van der Waals surface area contributed by atoms with E-state index in [0.29, 0.717) is 5.69 Å². The second-order valence-corrected chi connectivity index (χ2v) is 14.9. The summed E-state index contributed by atoms with van der Waals surface area (Å²) in [6, 6.07) is 8.25. The van der Waals surface area contributed by atoms with Crippen molar-refractivity contribution in [2.45, 2.75) is 89.8 Å². The Kier molecular flexibility index (Phi) is 11.9. The quantitative estimate of drug-likeness (QED) is 0.201. The number of benzene rings is 2. The van der Waals surface area contributed by atoms with Crippen molar-refractivity contribution in [2.24, 2.45) is 0 Å². The van der Waals surface area contributed by atoms with Crippen LogP contribution in [0.3, 0.4) is 0 Å². The second-order valence-electron chi connectivity index (χ2n) is 10.2. The zero-order valence-corrected chi connectivity index (χ0v) is 25.3. The Bertz CT molecular complexity index is 1160. The Morgan fingerprint density at radius 2 is 0.884 bits per heavy atom. The van der Waals surface area contributed by atoms with Crippen molar-refractivity contribution in [3.05, 3.63) is 47.5 Å². The number of rotatable bonds is 10. The molecule has 0 spiro atoms. The lowest BCUT2D eigenvalue weighted by Crippen LogP contribution is -2.46. The summed E-state index contributed by atoms with van der Waals surface area (Å²) < 4.78 is 169. The number of anilines is 2. The van der Waals surface area contributed by atoms with E-state index < -0.39 is 64.2 Å². The fraction of sp³-hybridized carbons (Fsp3) is 0.538. The van der Waals surface area contributed by atoms with E-state index in [9.17, 15) is 52.7 Å². The molecule has 0 heterocycles. The van der Waals surface area contributed by atoms with Crippen LogP contribution < -0.4 is 15.9 Å². The topological polar surface area (TPSA) is 30.5 Å². The Morgan fingerprint density at radius 1 is 0.558 bits per heavy atom. The molecule has 0 aromatic heterocycles. The summed E-state index contributed by atoms with van der Waals surface area (Å²) in [5.74, 6) is 0. The third-order valence-electron chi connectivity index (χ3n) is 5.75. The van der Waals surface area contributed by atoms with Gasteiger partial charge in [0, 0.05) is 11.0 Å². The van der Waals surface area contributed by atoms with Crippen molar-refractivity contribution in [1.29, 1.82) is 0 Å². The Balaban J connectivity index is 2.82. The van der Waals surface area contributed by atoms with Crippen molar-refractivity contribution in [3.63, 3.8) is 0 Å². The van der Waals surface area contributed by atoms with Crippen LogP contribution in [0.4, 0.5) is 64.1 Å². The van der Waals surface area contributed by atoms with Gasteiger partial charge in [-0.2, -0.15) is 52.7 Å². The highest BCUT2D eigenvalue weighted by Gasteiger charge is 2.62. The van der Waals surface area contributed by atoms with Gasteiger partial charge in [-0.25, -0.2) is 0 Å². The maximum atomic E-state index is 13.4. The minimum Gasteiger partial charge on any atom is -0.354 e. The lowest BCUT2D eigenvalue weighted by Gasteiger charge is -2.32. The normalized spacial score (nSPS) is 13.9. The summed E-state index contributed by atoms with van der Waals surface area (Å²) in [5, 5.41) is 2.66. The van der Waals surface area contributed by atoms with E-state index in [1.807, 2.05) is 33.8 Å². The summed E-state index contributed by atoms with van der Waals surface area (Å²) in [5.41, 5.74) is 1.00. The van der Waals surface area contributed by atoms with Gasteiger partial charge in [0.2, 0.25) is 8.38 Å². The summed E-state index contributed by atoms with van der Waals surface area (Å²) in [6.07, 6.45) is -34.5. The first kappa shape index (κ1) is 37.4. The fourth-order valence-electron chi connectivity index (χ4n) is 4.10. The second kappa shape index (κ2) is 13.7. The SMILES string of the molecule is Cc1ccc(Nc2ccc(C)cc2P(C(C)C)C(C)C)c(P(OC(C(F)(F)F)C(F)(F)F)OC(C(F)(F)F)C(F)(F)F)c1. The van der Waals surface area contributed by atoms with Gasteiger partial charge in [0.1, 0.15) is 0 Å². The molecule has 2 aromatic carbocycles. The van der Waals surface area contributed by atoms with Gasteiger partial charge in [-0.05, 0) is 49.4 Å².